The Morgan fingerprint density at radius 3 is 3.00 bits per heavy atom. The molecule has 1 aromatic heterocycles. The molecule has 2 fully saturated rings. The van der Waals surface area contributed by atoms with Crippen molar-refractivity contribution < 1.29 is 4.79 Å². The van der Waals surface area contributed by atoms with Gasteiger partial charge in [0, 0.05) is 6.04 Å². The predicted molar refractivity (Wildman–Crippen MR) is 79.9 cm³/mol. The topological polar surface area (TPSA) is 58.1 Å². The van der Waals surface area contributed by atoms with Crippen molar-refractivity contribution >= 4 is 22.4 Å². The maximum atomic E-state index is 12.1. The molecule has 2 unspecified atom stereocenters. The first kappa shape index (κ1) is 13.9. The molecule has 3 rings (SSSR count). The number of aryl methyl sites for hydroxylation is 1. The van der Waals surface area contributed by atoms with Gasteiger partial charge in [0.05, 0.1) is 6.54 Å². The molecule has 6 heteroatoms. The zero-order valence-electron chi connectivity index (χ0n) is 12.0. The molecule has 20 heavy (non-hydrogen) atoms. The van der Waals surface area contributed by atoms with Gasteiger partial charge < -0.3 is 0 Å². The van der Waals surface area contributed by atoms with Crippen molar-refractivity contribution in [3.8, 4) is 0 Å². The number of aromatic nitrogens is 2. The Morgan fingerprint density at radius 1 is 1.35 bits per heavy atom. The lowest BCUT2D eigenvalue weighted by Crippen LogP contribution is -2.39. The number of carbonyl (C=O) groups is 1. The number of hydrogen-bond acceptors (Lipinski definition) is 5. The molecular weight excluding hydrogens is 272 g/mol. The molecule has 2 aliphatic rings. The molecular formula is C14H22N4OS. The van der Waals surface area contributed by atoms with Crippen molar-refractivity contribution in [3.05, 3.63) is 5.01 Å². The highest BCUT2D eigenvalue weighted by Gasteiger charge is 2.36. The lowest BCUT2D eigenvalue weighted by atomic mass is 9.85. The zero-order valence-corrected chi connectivity index (χ0v) is 12.8. The molecule has 2 heterocycles. The minimum atomic E-state index is 0.0510. The van der Waals surface area contributed by atoms with Crippen molar-refractivity contribution in [2.75, 3.05) is 18.4 Å². The highest BCUT2D eigenvalue weighted by molar-refractivity contribution is 7.15. The summed E-state index contributed by atoms with van der Waals surface area (Å²) < 4.78 is 0. The van der Waals surface area contributed by atoms with Crippen LogP contribution in [-0.2, 0) is 11.2 Å². The van der Waals surface area contributed by atoms with E-state index in [-0.39, 0.29) is 5.91 Å². The molecule has 5 nitrogen and oxygen atoms in total. The number of hydrogen-bond donors (Lipinski definition) is 1. The van der Waals surface area contributed by atoms with Crippen LogP contribution in [0.3, 0.4) is 0 Å². The number of fused-ring (bicyclic) bond motifs is 1. The molecule has 1 saturated carbocycles. The van der Waals surface area contributed by atoms with Crippen LogP contribution in [0, 0.1) is 5.92 Å². The van der Waals surface area contributed by atoms with E-state index in [1.807, 2.05) is 6.92 Å². The molecule has 1 aliphatic carbocycles. The maximum absolute atomic E-state index is 12.1. The van der Waals surface area contributed by atoms with Gasteiger partial charge in [-0.1, -0.05) is 31.1 Å². The van der Waals surface area contributed by atoms with Crippen LogP contribution in [0.5, 0.6) is 0 Å². The fourth-order valence-electron chi connectivity index (χ4n) is 3.49. The van der Waals surface area contributed by atoms with Gasteiger partial charge in [0.1, 0.15) is 5.01 Å². The summed E-state index contributed by atoms with van der Waals surface area (Å²) in [6.07, 6.45) is 7.41. The van der Waals surface area contributed by atoms with Crippen molar-refractivity contribution in [1.29, 1.82) is 0 Å². The molecule has 0 aromatic carbocycles. The summed E-state index contributed by atoms with van der Waals surface area (Å²) in [5.74, 6) is 0.875. The molecule has 0 bridgehead atoms. The minimum absolute atomic E-state index is 0.0510. The normalized spacial score (nSPS) is 26.4. The van der Waals surface area contributed by atoms with Crippen LogP contribution in [0.15, 0.2) is 0 Å². The van der Waals surface area contributed by atoms with Gasteiger partial charge in [-0.3, -0.25) is 15.0 Å². The second-order valence-electron chi connectivity index (χ2n) is 5.77. The zero-order chi connectivity index (χ0) is 13.9. The first-order valence-corrected chi connectivity index (χ1v) is 8.44. The molecule has 1 amide bonds. The summed E-state index contributed by atoms with van der Waals surface area (Å²) in [5.41, 5.74) is 0. The first-order chi connectivity index (χ1) is 9.76. The number of likely N-dealkylation sites (tertiary alicyclic amines) is 1. The van der Waals surface area contributed by atoms with E-state index in [1.54, 1.807) is 0 Å². The van der Waals surface area contributed by atoms with Crippen LogP contribution >= 0.6 is 11.3 Å². The average Bonchev–Trinajstić information content (AvgIpc) is 3.06. The van der Waals surface area contributed by atoms with E-state index in [1.165, 1.54) is 43.4 Å². The third kappa shape index (κ3) is 3.01. The Balaban J connectivity index is 1.53. The lowest BCUT2D eigenvalue weighted by Gasteiger charge is -2.31. The van der Waals surface area contributed by atoms with Gasteiger partial charge in [0.15, 0.2) is 0 Å². The second kappa shape index (κ2) is 6.18. The summed E-state index contributed by atoms with van der Waals surface area (Å²) in [7, 11) is 0. The lowest BCUT2D eigenvalue weighted by molar-refractivity contribution is -0.117. The largest absolute Gasteiger partial charge is 0.299 e. The Kier molecular flexibility index (Phi) is 4.31. The molecule has 2 atom stereocenters. The second-order valence-corrected chi connectivity index (χ2v) is 6.84. The average molecular weight is 294 g/mol. The van der Waals surface area contributed by atoms with E-state index in [0.29, 0.717) is 17.7 Å². The summed E-state index contributed by atoms with van der Waals surface area (Å²) in [4.78, 5) is 14.5. The van der Waals surface area contributed by atoms with Crippen LogP contribution in [0.4, 0.5) is 5.13 Å². The van der Waals surface area contributed by atoms with E-state index >= 15 is 0 Å². The molecule has 0 radical (unpaired) electrons. The summed E-state index contributed by atoms with van der Waals surface area (Å²) in [6, 6.07) is 0.634. The van der Waals surface area contributed by atoms with Crippen LogP contribution in [-0.4, -0.2) is 40.1 Å². The van der Waals surface area contributed by atoms with Gasteiger partial charge in [0.2, 0.25) is 11.0 Å². The summed E-state index contributed by atoms with van der Waals surface area (Å²) in [6.45, 7) is 3.61. The van der Waals surface area contributed by atoms with Gasteiger partial charge in [-0.2, -0.15) is 0 Å². The number of rotatable bonds is 4. The highest BCUT2D eigenvalue weighted by atomic mass is 32.1. The molecule has 1 aromatic rings. The van der Waals surface area contributed by atoms with Gasteiger partial charge in [-0.25, -0.2) is 0 Å². The third-order valence-corrected chi connectivity index (χ3v) is 5.47. The van der Waals surface area contributed by atoms with Crippen molar-refractivity contribution in [2.24, 2.45) is 5.92 Å². The number of nitrogens with one attached hydrogen (secondary N) is 1. The van der Waals surface area contributed by atoms with Crippen molar-refractivity contribution in [1.82, 2.24) is 15.1 Å². The Labute approximate surface area is 123 Å². The number of nitrogens with zero attached hydrogens (tertiary/aromatic N) is 3. The molecule has 0 spiro atoms. The van der Waals surface area contributed by atoms with Crippen LogP contribution in [0.2, 0.25) is 0 Å². The summed E-state index contributed by atoms with van der Waals surface area (Å²) in [5, 5.41) is 12.5. The number of anilines is 1. The molecule has 110 valence electrons. The molecule has 1 saturated heterocycles. The smallest absolute Gasteiger partial charge is 0.240 e. The maximum Gasteiger partial charge on any atom is 0.240 e. The van der Waals surface area contributed by atoms with Crippen molar-refractivity contribution in [3.63, 3.8) is 0 Å². The van der Waals surface area contributed by atoms with Gasteiger partial charge in [-0.15, -0.1) is 10.2 Å². The predicted octanol–water partition coefficient (Wildman–Crippen LogP) is 2.30. The third-order valence-electron chi connectivity index (χ3n) is 4.49. The van der Waals surface area contributed by atoms with Gasteiger partial charge in [0.25, 0.3) is 0 Å². The fraction of sp³-hybridized carbons (Fsp3) is 0.786. The van der Waals surface area contributed by atoms with E-state index in [9.17, 15) is 4.79 Å². The van der Waals surface area contributed by atoms with Crippen LogP contribution in [0.25, 0.3) is 0 Å². The fourth-order valence-corrected chi connectivity index (χ4v) is 4.19. The van der Waals surface area contributed by atoms with Crippen molar-refractivity contribution in [2.45, 2.75) is 51.5 Å². The first-order valence-electron chi connectivity index (χ1n) is 7.62. The minimum Gasteiger partial charge on any atom is -0.299 e. The Bertz CT molecular complexity index is 475. The van der Waals surface area contributed by atoms with E-state index in [0.717, 1.165) is 23.9 Å². The Hall–Kier alpha value is -1.01. The van der Waals surface area contributed by atoms with E-state index < -0.39 is 0 Å². The quantitative estimate of drug-likeness (QED) is 0.926. The highest BCUT2D eigenvalue weighted by Crippen LogP contribution is 2.35. The summed E-state index contributed by atoms with van der Waals surface area (Å²) >= 11 is 1.47. The number of amides is 1. The van der Waals surface area contributed by atoms with Crippen LogP contribution in [0.1, 0.15) is 44.0 Å². The van der Waals surface area contributed by atoms with E-state index in [4.69, 9.17) is 0 Å². The standard InChI is InChI=1S/C14H22N4OS/c1-2-13-16-17-14(20-13)15-12(19)9-18-8-7-10-5-3-4-6-11(10)18/h10-11H,2-9H2,1H3,(H,15,17,19). The van der Waals surface area contributed by atoms with Crippen LogP contribution < -0.4 is 5.32 Å². The van der Waals surface area contributed by atoms with Gasteiger partial charge >= 0.3 is 0 Å². The monoisotopic (exact) mass is 294 g/mol. The SMILES string of the molecule is CCc1nnc(NC(=O)CN2CCC3CCCCC32)s1. The molecule has 1 aliphatic heterocycles. The van der Waals surface area contributed by atoms with E-state index in [2.05, 4.69) is 20.4 Å². The molecule has 1 N–H and O–H groups in total. The Morgan fingerprint density at radius 2 is 2.20 bits per heavy atom. The number of carbonyl (C=O) groups excluding carboxylic acids is 1. The van der Waals surface area contributed by atoms with Gasteiger partial charge in [-0.05, 0) is 38.1 Å².